The first-order valence-electron chi connectivity index (χ1n) is 10.3. The smallest absolute Gasteiger partial charge is 0.203 e. The monoisotopic (exact) mass is 508 g/mol. The van der Waals surface area contributed by atoms with E-state index in [0.717, 1.165) is 43.4 Å². The molecule has 0 saturated heterocycles. The molecule has 0 aliphatic carbocycles. The highest BCUT2D eigenvalue weighted by molar-refractivity contribution is 9.10. The van der Waals surface area contributed by atoms with E-state index in [9.17, 15) is 0 Å². The molecule has 3 aromatic carbocycles. The number of methoxy groups -OCH3 is 4. The number of ether oxygens (including phenoxy) is 4. The van der Waals surface area contributed by atoms with Crippen molar-refractivity contribution >= 4 is 32.5 Å². The molecular formula is C27H25BrO5. The lowest BCUT2D eigenvalue weighted by atomic mass is 9.98. The van der Waals surface area contributed by atoms with Crippen molar-refractivity contribution in [2.45, 2.75) is 6.92 Å². The number of fused-ring (bicyclic) bond motifs is 1. The van der Waals surface area contributed by atoms with Crippen molar-refractivity contribution in [2.75, 3.05) is 28.4 Å². The summed E-state index contributed by atoms with van der Waals surface area (Å²) in [6, 6.07) is 15.9. The predicted molar refractivity (Wildman–Crippen MR) is 135 cm³/mol. The van der Waals surface area contributed by atoms with Crippen molar-refractivity contribution in [3.05, 3.63) is 76.5 Å². The number of benzene rings is 3. The average molecular weight is 509 g/mol. The number of aryl methyl sites for hydroxylation is 1. The summed E-state index contributed by atoms with van der Waals surface area (Å²) in [5.74, 6) is 3.07. The van der Waals surface area contributed by atoms with Crippen LogP contribution in [0.15, 0.2) is 64.0 Å². The quantitative estimate of drug-likeness (QED) is 0.262. The molecule has 5 nitrogen and oxygen atoms in total. The summed E-state index contributed by atoms with van der Waals surface area (Å²) in [6.45, 7) is 6.34. The molecule has 170 valence electrons. The summed E-state index contributed by atoms with van der Waals surface area (Å²) >= 11 is 3.49. The summed E-state index contributed by atoms with van der Waals surface area (Å²) in [6.07, 6.45) is 0. The van der Waals surface area contributed by atoms with Crippen LogP contribution in [0.4, 0.5) is 0 Å². The van der Waals surface area contributed by atoms with Crippen molar-refractivity contribution in [3.63, 3.8) is 0 Å². The zero-order chi connectivity index (χ0) is 23.7. The molecule has 0 N–H and O–H groups in total. The number of hydrogen-bond acceptors (Lipinski definition) is 5. The van der Waals surface area contributed by atoms with Crippen molar-refractivity contribution in [3.8, 4) is 34.1 Å². The molecule has 6 heteroatoms. The van der Waals surface area contributed by atoms with Gasteiger partial charge in [-0.3, -0.25) is 0 Å². The SMILES string of the molecule is C=C(c1cc(OC)c(OC)c(OC)c1)c1oc2cc(OC)c(-c3ccc(Br)cc3)cc2c1C. The topological polar surface area (TPSA) is 50.1 Å². The van der Waals surface area contributed by atoms with Gasteiger partial charge >= 0.3 is 0 Å². The van der Waals surface area contributed by atoms with Crippen LogP contribution in [0.5, 0.6) is 23.0 Å². The maximum atomic E-state index is 6.27. The van der Waals surface area contributed by atoms with Gasteiger partial charge in [0.1, 0.15) is 17.1 Å². The van der Waals surface area contributed by atoms with Crippen molar-refractivity contribution in [1.29, 1.82) is 0 Å². The Morgan fingerprint density at radius 2 is 1.42 bits per heavy atom. The summed E-state index contributed by atoms with van der Waals surface area (Å²) < 4.78 is 29.4. The van der Waals surface area contributed by atoms with E-state index in [1.165, 1.54) is 0 Å². The van der Waals surface area contributed by atoms with E-state index in [1.807, 2.05) is 37.3 Å². The maximum Gasteiger partial charge on any atom is 0.203 e. The molecule has 1 aromatic heterocycles. The van der Waals surface area contributed by atoms with Gasteiger partial charge in [-0.25, -0.2) is 0 Å². The Labute approximate surface area is 201 Å². The second-order valence-corrected chi connectivity index (χ2v) is 8.42. The molecule has 0 atom stereocenters. The average Bonchev–Trinajstić information content (AvgIpc) is 3.17. The zero-order valence-electron chi connectivity index (χ0n) is 19.2. The fourth-order valence-corrected chi connectivity index (χ4v) is 4.21. The van der Waals surface area contributed by atoms with Gasteiger partial charge in [-0.05, 0) is 48.4 Å². The highest BCUT2D eigenvalue weighted by Gasteiger charge is 2.21. The minimum atomic E-state index is 0.529. The van der Waals surface area contributed by atoms with Crippen molar-refractivity contribution in [2.24, 2.45) is 0 Å². The van der Waals surface area contributed by atoms with Gasteiger partial charge < -0.3 is 23.4 Å². The first-order chi connectivity index (χ1) is 15.9. The number of halogens is 1. The summed E-state index contributed by atoms with van der Waals surface area (Å²) in [7, 11) is 6.42. The normalized spacial score (nSPS) is 10.8. The van der Waals surface area contributed by atoms with Crippen LogP contribution in [0, 0.1) is 6.92 Å². The molecule has 0 amide bonds. The van der Waals surface area contributed by atoms with E-state index >= 15 is 0 Å². The predicted octanol–water partition coefficient (Wildman–Crippen LogP) is 7.27. The highest BCUT2D eigenvalue weighted by atomic mass is 79.9. The van der Waals surface area contributed by atoms with Gasteiger partial charge in [0.15, 0.2) is 11.5 Å². The minimum absolute atomic E-state index is 0.529. The van der Waals surface area contributed by atoms with E-state index in [2.05, 4.69) is 40.7 Å². The highest BCUT2D eigenvalue weighted by Crippen LogP contribution is 2.43. The van der Waals surface area contributed by atoms with E-state index in [4.69, 9.17) is 23.4 Å². The van der Waals surface area contributed by atoms with Crippen molar-refractivity contribution in [1.82, 2.24) is 0 Å². The van der Waals surface area contributed by atoms with Gasteiger partial charge in [0.25, 0.3) is 0 Å². The minimum Gasteiger partial charge on any atom is -0.496 e. The molecule has 0 bridgehead atoms. The van der Waals surface area contributed by atoms with Crippen LogP contribution < -0.4 is 18.9 Å². The lowest BCUT2D eigenvalue weighted by molar-refractivity contribution is 0.324. The zero-order valence-corrected chi connectivity index (χ0v) is 20.8. The lowest BCUT2D eigenvalue weighted by Gasteiger charge is -2.14. The fraction of sp³-hybridized carbons (Fsp3) is 0.185. The second kappa shape index (κ2) is 9.24. The largest absolute Gasteiger partial charge is 0.496 e. The lowest BCUT2D eigenvalue weighted by Crippen LogP contribution is -1.97. The molecule has 0 saturated carbocycles. The molecular weight excluding hydrogens is 484 g/mol. The standard InChI is InChI=1S/C27H25BrO5/c1-15(18-11-24(30-4)27(32-6)25(12-18)31-5)26-16(2)20-13-21(17-7-9-19(28)10-8-17)22(29-3)14-23(20)33-26/h7-14H,1H2,2-6H3. The van der Waals surface area contributed by atoms with E-state index in [0.29, 0.717) is 28.6 Å². The molecule has 0 unspecified atom stereocenters. The van der Waals surface area contributed by atoms with Crippen LogP contribution in [0.3, 0.4) is 0 Å². The third-order valence-corrected chi connectivity index (χ3v) is 6.23. The molecule has 0 fully saturated rings. The molecule has 4 rings (SSSR count). The Hall–Kier alpha value is -3.38. The van der Waals surface area contributed by atoms with Crippen LogP contribution in [0.1, 0.15) is 16.9 Å². The van der Waals surface area contributed by atoms with E-state index < -0.39 is 0 Å². The van der Waals surface area contributed by atoms with Gasteiger partial charge in [-0.1, -0.05) is 34.6 Å². The Bertz CT molecular complexity index is 1310. The molecule has 33 heavy (non-hydrogen) atoms. The summed E-state index contributed by atoms with van der Waals surface area (Å²) in [5, 5.41) is 0.998. The number of furan rings is 1. The van der Waals surface area contributed by atoms with Gasteiger partial charge in [0.2, 0.25) is 5.75 Å². The third-order valence-electron chi connectivity index (χ3n) is 5.70. The molecule has 0 aliphatic heterocycles. The number of rotatable bonds is 7. The van der Waals surface area contributed by atoms with Gasteiger partial charge in [0, 0.05) is 32.6 Å². The molecule has 0 radical (unpaired) electrons. The van der Waals surface area contributed by atoms with Crippen LogP contribution in [0.25, 0.3) is 27.7 Å². The Morgan fingerprint density at radius 3 is 1.97 bits per heavy atom. The Balaban J connectivity index is 1.85. The van der Waals surface area contributed by atoms with Crippen LogP contribution in [0.2, 0.25) is 0 Å². The summed E-state index contributed by atoms with van der Waals surface area (Å²) in [4.78, 5) is 0. The van der Waals surface area contributed by atoms with Crippen LogP contribution >= 0.6 is 15.9 Å². The fourth-order valence-electron chi connectivity index (χ4n) is 3.95. The maximum absolute atomic E-state index is 6.27. The second-order valence-electron chi connectivity index (χ2n) is 7.50. The van der Waals surface area contributed by atoms with Crippen LogP contribution in [-0.2, 0) is 0 Å². The molecule has 0 spiro atoms. The van der Waals surface area contributed by atoms with Gasteiger partial charge in [-0.2, -0.15) is 0 Å². The molecule has 1 heterocycles. The number of hydrogen-bond donors (Lipinski definition) is 0. The van der Waals surface area contributed by atoms with Crippen molar-refractivity contribution < 1.29 is 23.4 Å². The molecule has 0 aliphatic rings. The van der Waals surface area contributed by atoms with Gasteiger partial charge in [-0.15, -0.1) is 0 Å². The van der Waals surface area contributed by atoms with Gasteiger partial charge in [0.05, 0.1) is 28.4 Å². The first-order valence-corrected chi connectivity index (χ1v) is 11.1. The van der Waals surface area contributed by atoms with Crippen LogP contribution in [-0.4, -0.2) is 28.4 Å². The van der Waals surface area contributed by atoms with E-state index in [1.54, 1.807) is 28.4 Å². The van der Waals surface area contributed by atoms with E-state index in [-0.39, 0.29) is 0 Å². The summed E-state index contributed by atoms with van der Waals surface area (Å²) in [5.41, 5.74) is 5.30. The first kappa shape index (κ1) is 22.8. The third kappa shape index (κ3) is 4.07. The Kier molecular flexibility index (Phi) is 6.38. The Morgan fingerprint density at radius 1 is 0.818 bits per heavy atom. The molecule has 4 aromatic rings.